The first kappa shape index (κ1) is 19.6. The minimum absolute atomic E-state index is 0.275. The molecule has 4 nitrogen and oxygen atoms in total. The second kappa shape index (κ2) is 8.70. The molecular weight excluding hydrogens is 360 g/mol. The van der Waals surface area contributed by atoms with E-state index in [1.165, 1.54) is 10.5 Å². The van der Waals surface area contributed by atoms with Crippen LogP contribution in [0.3, 0.4) is 0 Å². The van der Waals surface area contributed by atoms with Crippen molar-refractivity contribution in [3.8, 4) is 0 Å². The van der Waals surface area contributed by atoms with Crippen LogP contribution in [-0.4, -0.2) is 20.6 Å². The third-order valence-corrected chi connectivity index (χ3v) is 5.39. The first-order chi connectivity index (χ1) is 13.0. The van der Waals surface area contributed by atoms with Crippen molar-refractivity contribution in [1.82, 2.24) is 0 Å². The van der Waals surface area contributed by atoms with E-state index in [1.807, 2.05) is 24.3 Å². The molecule has 3 aromatic rings. The van der Waals surface area contributed by atoms with E-state index in [0.29, 0.717) is 5.58 Å². The molecule has 2 aromatic carbocycles. The van der Waals surface area contributed by atoms with Gasteiger partial charge in [-0.15, -0.1) is 0 Å². The van der Waals surface area contributed by atoms with Gasteiger partial charge in [0.2, 0.25) is 0 Å². The van der Waals surface area contributed by atoms with E-state index in [9.17, 15) is 4.79 Å². The van der Waals surface area contributed by atoms with Gasteiger partial charge in [-0.25, -0.2) is 4.79 Å². The number of hydrogen-bond donors (Lipinski definition) is 2. The largest absolute Gasteiger partial charge is 0.423 e. The van der Waals surface area contributed by atoms with E-state index in [2.05, 4.69) is 44.5 Å². The van der Waals surface area contributed by atoms with Gasteiger partial charge < -0.3 is 14.6 Å². The van der Waals surface area contributed by atoms with Crippen molar-refractivity contribution in [2.45, 2.75) is 25.9 Å². The fourth-order valence-electron chi connectivity index (χ4n) is 3.50. The molecule has 3 rings (SSSR count). The van der Waals surface area contributed by atoms with Crippen LogP contribution in [-0.2, 0) is 13.0 Å². The molecule has 3 N–H and O–H groups in total. The Morgan fingerprint density at radius 2 is 1.93 bits per heavy atom. The molecule has 27 heavy (non-hydrogen) atoms. The highest BCUT2D eigenvalue weighted by Gasteiger charge is 2.22. The summed E-state index contributed by atoms with van der Waals surface area (Å²) in [6.45, 7) is 3.69. The highest BCUT2D eigenvalue weighted by Crippen LogP contribution is 2.20. The number of aryl methyl sites for hydroxylation is 1. The maximum absolute atomic E-state index is 12.0. The Morgan fingerprint density at radius 1 is 1.15 bits per heavy atom. The standard InChI is InChI=1S/C22H25ClN2O2/c1-4-15-9-10-17-16(12-22(26)27-21(17)11-15)13-24-14-20(25(2)3)18-7-5-6-8-19(18)23/h5-12,20,24H,4,13-14H2,1-3H3/p+2/t20-/m1/s1. The lowest BCUT2D eigenvalue weighted by Gasteiger charge is -2.21. The van der Waals surface area contributed by atoms with Gasteiger partial charge in [-0.1, -0.05) is 48.9 Å². The van der Waals surface area contributed by atoms with Crippen LogP contribution in [0, 0.1) is 0 Å². The minimum Gasteiger partial charge on any atom is -0.423 e. The molecule has 0 aliphatic carbocycles. The Bertz CT molecular complexity index is 981. The van der Waals surface area contributed by atoms with E-state index < -0.39 is 0 Å². The lowest BCUT2D eigenvalue weighted by Crippen LogP contribution is -3.09. The van der Waals surface area contributed by atoms with Gasteiger partial charge in [0.1, 0.15) is 18.7 Å². The van der Waals surface area contributed by atoms with Crippen LogP contribution in [0.15, 0.2) is 57.7 Å². The molecule has 1 heterocycles. The van der Waals surface area contributed by atoms with Gasteiger partial charge in [0, 0.05) is 27.6 Å². The molecule has 0 spiro atoms. The van der Waals surface area contributed by atoms with E-state index in [4.69, 9.17) is 16.0 Å². The number of nitrogens with two attached hydrogens (primary N) is 1. The Hall–Kier alpha value is -2.14. The molecule has 0 amide bonds. The van der Waals surface area contributed by atoms with Gasteiger partial charge in [-0.2, -0.15) is 0 Å². The Morgan fingerprint density at radius 3 is 2.63 bits per heavy atom. The van der Waals surface area contributed by atoms with Gasteiger partial charge >= 0.3 is 5.63 Å². The molecule has 0 fully saturated rings. The summed E-state index contributed by atoms with van der Waals surface area (Å²) in [7, 11) is 4.28. The number of halogens is 1. The number of benzene rings is 2. The Kier molecular flexibility index (Phi) is 6.32. The van der Waals surface area contributed by atoms with Crippen molar-refractivity contribution in [1.29, 1.82) is 0 Å². The monoisotopic (exact) mass is 386 g/mol. The lowest BCUT2D eigenvalue weighted by atomic mass is 10.0. The molecular formula is C22H27ClN2O2+2. The molecule has 1 aromatic heterocycles. The zero-order chi connectivity index (χ0) is 19.4. The maximum atomic E-state index is 12.0. The summed E-state index contributed by atoms with van der Waals surface area (Å²) >= 11 is 6.41. The molecule has 0 aliphatic heterocycles. The quantitative estimate of drug-likeness (QED) is 0.610. The average molecular weight is 387 g/mol. The van der Waals surface area contributed by atoms with Crippen molar-refractivity contribution in [3.05, 3.63) is 80.7 Å². The molecule has 0 bridgehead atoms. The number of nitrogens with one attached hydrogen (secondary N) is 1. The summed E-state index contributed by atoms with van der Waals surface area (Å²) in [5.74, 6) is 0. The molecule has 0 radical (unpaired) electrons. The minimum atomic E-state index is -0.292. The molecule has 0 saturated carbocycles. The molecule has 0 aliphatic rings. The topological polar surface area (TPSA) is 51.3 Å². The summed E-state index contributed by atoms with van der Waals surface area (Å²) in [5, 5.41) is 4.05. The predicted octanol–water partition coefficient (Wildman–Crippen LogP) is 1.96. The van der Waals surface area contributed by atoms with Gasteiger partial charge in [0.25, 0.3) is 0 Å². The van der Waals surface area contributed by atoms with E-state index >= 15 is 0 Å². The van der Waals surface area contributed by atoms with E-state index in [-0.39, 0.29) is 11.7 Å². The van der Waals surface area contributed by atoms with Gasteiger partial charge in [0.15, 0.2) is 6.04 Å². The molecule has 0 saturated heterocycles. The Labute approximate surface area is 164 Å². The van der Waals surface area contributed by atoms with Crippen LogP contribution >= 0.6 is 11.6 Å². The van der Waals surface area contributed by atoms with Crippen molar-refractivity contribution in [2.24, 2.45) is 0 Å². The van der Waals surface area contributed by atoms with E-state index in [0.717, 1.165) is 41.0 Å². The SMILES string of the molecule is CCc1ccc2c(C[NH2+]C[C@H](c3ccccc3Cl)[NH+](C)C)cc(=O)oc2c1. The van der Waals surface area contributed by atoms with Gasteiger partial charge in [0.05, 0.1) is 14.1 Å². The highest BCUT2D eigenvalue weighted by atomic mass is 35.5. The number of rotatable bonds is 7. The molecule has 5 heteroatoms. The van der Waals surface area contributed by atoms with Crippen LogP contribution in [0.25, 0.3) is 11.0 Å². The molecule has 0 unspecified atom stereocenters. The fraction of sp³-hybridized carbons (Fsp3) is 0.318. The second-order valence-corrected chi connectivity index (χ2v) is 7.56. The van der Waals surface area contributed by atoms with Crippen molar-refractivity contribution in [3.63, 3.8) is 0 Å². The Balaban J connectivity index is 1.80. The van der Waals surface area contributed by atoms with Crippen molar-refractivity contribution < 1.29 is 14.6 Å². The summed E-state index contributed by atoms with van der Waals surface area (Å²) in [6.07, 6.45) is 0.918. The predicted molar refractivity (Wildman–Crippen MR) is 109 cm³/mol. The number of fused-ring (bicyclic) bond motifs is 1. The number of likely N-dealkylation sites (N-methyl/N-ethyl adjacent to an activating group) is 1. The third kappa shape index (κ3) is 4.59. The van der Waals surface area contributed by atoms with Gasteiger partial charge in [-0.3, -0.25) is 0 Å². The fourth-order valence-corrected chi connectivity index (χ4v) is 3.77. The summed E-state index contributed by atoms with van der Waals surface area (Å²) in [6, 6.07) is 16.0. The van der Waals surface area contributed by atoms with E-state index in [1.54, 1.807) is 6.07 Å². The first-order valence-corrected chi connectivity index (χ1v) is 9.79. The van der Waals surface area contributed by atoms with Crippen molar-refractivity contribution >= 4 is 22.6 Å². The lowest BCUT2D eigenvalue weighted by molar-refractivity contribution is -0.910. The number of quaternary nitrogens is 2. The summed E-state index contributed by atoms with van der Waals surface area (Å²) in [4.78, 5) is 13.3. The molecule has 142 valence electrons. The zero-order valence-corrected chi connectivity index (χ0v) is 16.8. The molecule has 1 atom stereocenters. The van der Waals surface area contributed by atoms with Gasteiger partial charge in [-0.05, 0) is 24.1 Å². The van der Waals surface area contributed by atoms with Crippen molar-refractivity contribution in [2.75, 3.05) is 20.6 Å². The first-order valence-electron chi connectivity index (χ1n) is 9.41. The summed E-state index contributed by atoms with van der Waals surface area (Å²) in [5.41, 5.74) is 3.71. The third-order valence-electron chi connectivity index (χ3n) is 5.05. The smallest absolute Gasteiger partial charge is 0.336 e. The van der Waals surface area contributed by atoms with Crippen LogP contribution < -0.4 is 15.8 Å². The normalized spacial score (nSPS) is 12.6. The van der Waals surface area contributed by atoms with Crippen LogP contribution in [0.5, 0.6) is 0 Å². The highest BCUT2D eigenvalue weighted by molar-refractivity contribution is 6.31. The average Bonchev–Trinajstić information content (AvgIpc) is 2.65. The maximum Gasteiger partial charge on any atom is 0.336 e. The number of hydrogen-bond acceptors (Lipinski definition) is 2. The van der Waals surface area contributed by atoms with Crippen LogP contribution in [0.1, 0.15) is 29.7 Å². The second-order valence-electron chi connectivity index (χ2n) is 7.15. The van der Waals surface area contributed by atoms with Crippen LogP contribution in [0.2, 0.25) is 5.02 Å². The zero-order valence-electron chi connectivity index (χ0n) is 16.1. The van der Waals surface area contributed by atoms with Crippen LogP contribution in [0.4, 0.5) is 0 Å². The summed E-state index contributed by atoms with van der Waals surface area (Å²) < 4.78 is 5.40.